The molecule has 0 atom stereocenters. The van der Waals surface area contributed by atoms with Gasteiger partial charge in [-0.25, -0.2) is 5.01 Å². The lowest BCUT2D eigenvalue weighted by Crippen LogP contribution is -2.46. The predicted octanol–water partition coefficient (Wildman–Crippen LogP) is 5.17. The van der Waals surface area contributed by atoms with Crippen LogP contribution in [0.25, 0.3) is 0 Å². The van der Waals surface area contributed by atoms with E-state index < -0.39 is 0 Å². The number of nitrogens with zero attached hydrogens (tertiary/aromatic N) is 6. The molecule has 0 aliphatic carbocycles. The summed E-state index contributed by atoms with van der Waals surface area (Å²) in [4.78, 5) is 6.81. The second-order valence-corrected chi connectivity index (χ2v) is 8.64. The second kappa shape index (κ2) is 9.99. The summed E-state index contributed by atoms with van der Waals surface area (Å²) in [5, 5.41) is 16.2. The Labute approximate surface area is 198 Å². The minimum atomic E-state index is 0.383. The van der Waals surface area contributed by atoms with Crippen LogP contribution in [0.4, 0.5) is 17.1 Å². The van der Waals surface area contributed by atoms with Crippen molar-refractivity contribution >= 4 is 23.4 Å². The van der Waals surface area contributed by atoms with E-state index in [4.69, 9.17) is 0 Å². The fourth-order valence-corrected chi connectivity index (χ4v) is 4.70. The van der Waals surface area contributed by atoms with Gasteiger partial charge in [0.15, 0.2) is 0 Å². The molecule has 2 aromatic rings. The molecule has 0 N–H and O–H groups in total. The van der Waals surface area contributed by atoms with Gasteiger partial charge in [-0.3, -0.25) is 4.90 Å². The van der Waals surface area contributed by atoms with Gasteiger partial charge >= 0.3 is 0 Å². The fourth-order valence-electron chi connectivity index (χ4n) is 4.70. The summed E-state index contributed by atoms with van der Waals surface area (Å²) < 4.78 is 0. The topological polar surface area (TPSA) is 49.1 Å². The number of benzene rings is 2. The van der Waals surface area contributed by atoms with E-state index in [-0.39, 0.29) is 0 Å². The molecule has 0 unspecified atom stereocenters. The summed E-state index contributed by atoms with van der Waals surface area (Å²) in [6.07, 6.45) is 4.91. The zero-order valence-electron chi connectivity index (χ0n) is 20.0. The summed E-state index contributed by atoms with van der Waals surface area (Å²) in [5.41, 5.74) is 5.34. The highest BCUT2D eigenvalue weighted by Gasteiger charge is 2.26. The number of hydrogen-bond donors (Lipinski definition) is 0. The lowest BCUT2D eigenvalue weighted by atomic mass is 10.1. The first-order chi connectivity index (χ1) is 16.1. The molecule has 172 valence electrons. The van der Waals surface area contributed by atoms with Crippen molar-refractivity contribution < 1.29 is 0 Å². The van der Waals surface area contributed by atoms with Crippen LogP contribution in [-0.4, -0.2) is 43.6 Å². The molecule has 1 fully saturated rings. The van der Waals surface area contributed by atoms with Crippen molar-refractivity contribution in [3.8, 4) is 6.07 Å². The Balaban J connectivity index is 1.39. The van der Waals surface area contributed by atoms with E-state index in [9.17, 15) is 5.26 Å². The molecule has 0 spiro atoms. The predicted molar refractivity (Wildman–Crippen MR) is 138 cm³/mol. The summed E-state index contributed by atoms with van der Waals surface area (Å²) in [6.45, 7) is 14.4. The normalized spacial score (nSPS) is 16.2. The van der Waals surface area contributed by atoms with Crippen LogP contribution in [0, 0.1) is 11.3 Å². The molecule has 0 radical (unpaired) electrons. The van der Waals surface area contributed by atoms with Crippen molar-refractivity contribution in [2.24, 2.45) is 5.10 Å². The Hall–Kier alpha value is -3.46. The Morgan fingerprint density at radius 1 is 0.939 bits per heavy atom. The number of hydrogen-bond acceptors (Lipinski definition) is 6. The molecule has 4 rings (SSSR count). The smallest absolute Gasteiger partial charge is 0.128 e. The van der Waals surface area contributed by atoms with E-state index in [2.05, 4.69) is 89.6 Å². The number of aryl methyl sites for hydroxylation is 1. The van der Waals surface area contributed by atoms with Crippen LogP contribution in [-0.2, 0) is 6.42 Å². The highest BCUT2D eigenvalue weighted by Crippen LogP contribution is 2.30. The Bertz CT molecular complexity index is 1040. The largest absolute Gasteiger partial charge is 0.368 e. The van der Waals surface area contributed by atoms with E-state index in [0.29, 0.717) is 6.04 Å². The summed E-state index contributed by atoms with van der Waals surface area (Å²) >= 11 is 0. The molecule has 0 saturated carbocycles. The highest BCUT2D eigenvalue weighted by atomic mass is 15.6. The van der Waals surface area contributed by atoms with Gasteiger partial charge in [-0.1, -0.05) is 33.4 Å². The average molecular weight is 443 g/mol. The van der Waals surface area contributed by atoms with Crippen LogP contribution in [0.3, 0.4) is 0 Å². The summed E-state index contributed by atoms with van der Waals surface area (Å²) in [5.74, 6) is 0.910. The van der Waals surface area contributed by atoms with Crippen LogP contribution in [0.1, 0.15) is 44.7 Å². The third-order valence-corrected chi connectivity index (χ3v) is 6.83. The third kappa shape index (κ3) is 4.54. The van der Waals surface area contributed by atoms with Crippen molar-refractivity contribution in [1.82, 2.24) is 5.01 Å². The van der Waals surface area contributed by atoms with Gasteiger partial charge in [0.1, 0.15) is 18.2 Å². The molecule has 0 amide bonds. The molecule has 2 aliphatic heterocycles. The van der Waals surface area contributed by atoms with Crippen LogP contribution in [0.15, 0.2) is 60.0 Å². The van der Waals surface area contributed by atoms with Gasteiger partial charge in [0, 0.05) is 37.6 Å². The van der Waals surface area contributed by atoms with Crippen LogP contribution in [0.2, 0.25) is 0 Å². The number of hydrazone groups is 1. The molecular weight excluding hydrogens is 408 g/mol. The fraction of sp³-hybridized carbons (Fsp3) is 0.407. The number of nitriles is 1. The molecule has 2 aliphatic rings. The average Bonchev–Trinajstić information content (AvgIpc) is 3.25. The number of anilines is 3. The Morgan fingerprint density at radius 2 is 1.58 bits per heavy atom. The van der Waals surface area contributed by atoms with Crippen LogP contribution in [0.5, 0.6) is 0 Å². The lowest BCUT2D eigenvalue weighted by molar-refractivity contribution is 0.261. The van der Waals surface area contributed by atoms with E-state index in [1.165, 1.54) is 11.3 Å². The number of piperazine rings is 1. The minimum absolute atomic E-state index is 0.383. The maximum atomic E-state index is 9.60. The third-order valence-electron chi connectivity index (χ3n) is 6.83. The van der Waals surface area contributed by atoms with Gasteiger partial charge < -0.3 is 9.80 Å². The van der Waals surface area contributed by atoms with Crippen molar-refractivity contribution in [2.75, 3.05) is 40.9 Å². The molecule has 0 aromatic heterocycles. The maximum Gasteiger partial charge on any atom is 0.128 e. The van der Waals surface area contributed by atoms with Gasteiger partial charge in [-0.05, 0) is 61.2 Å². The van der Waals surface area contributed by atoms with Gasteiger partial charge in [0.05, 0.1) is 17.3 Å². The first-order valence-corrected chi connectivity index (χ1v) is 12.0. The molecule has 2 heterocycles. The van der Waals surface area contributed by atoms with Crippen molar-refractivity contribution in [2.45, 2.75) is 46.1 Å². The monoisotopic (exact) mass is 442 g/mol. The lowest BCUT2D eigenvalue weighted by Gasteiger charge is -2.38. The van der Waals surface area contributed by atoms with Crippen molar-refractivity contribution in [3.05, 3.63) is 66.0 Å². The Kier molecular flexibility index (Phi) is 6.88. The van der Waals surface area contributed by atoms with Gasteiger partial charge in [0.25, 0.3) is 0 Å². The molecule has 6 heteroatoms. The zero-order chi connectivity index (χ0) is 23.4. The molecule has 6 nitrogen and oxygen atoms in total. The molecular formula is C27H34N6. The standard InChI is InChI=1S/C27H34N6/c1-5-22-8-13-27(23(18-22)19-28)31-16-14-30(15-17-31)25-9-11-26(12-10-25)32-20-29-33(21(32)4)24(6-2)7-3/h8-13,18,20,24H,4-7,14-17H2,1-3H3. The number of rotatable bonds is 7. The van der Waals surface area contributed by atoms with Crippen LogP contribution < -0.4 is 14.7 Å². The second-order valence-electron chi connectivity index (χ2n) is 8.64. The maximum absolute atomic E-state index is 9.60. The molecule has 0 bridgehead atoms. The molecule has 2 aromatic carbocycles. The van der Waals surface area contributed by atoms with E-state index in [1.54, 1.807) is 0 Å². The van der Waals surface area contributed by atoms with Crippen molar-refractivity contribution in [1.29, 1.82) is 5.26 Å². The van der Waals surface area contributed by atoms with E-state index in [0.717, 1.165) is 68.2 Å². The van der Waals surface area contributed by atoms with Crippen molar-refractivity contribution in [3.63, 3.8) is 0 Å². The first kappa shape index (κ1) is 22.7. The van der Waals surface area contributed by atoms with Gasteiger partial charge in [-0.2, -0.15) is 10.4 Å². The zero-order valence-corrected chi connectivity index (χ0v) is 20.0. The minimum Gasteiger partial charge on any atom is -0.368 e. The molecule has 33 heavy (non-hydrogen) atoms. The van der Waals surface area contributed by atoms with Crippen LogP contribution >= 0.6 is 0 Å². The first-order valence-electron chi connectivity index (χ1n) is 12.0. The summed E-state index contributed by atoms with van der Waals surface area (Å²) in [7, 11) is 0. The van der Waals surface area contributed by atoms with Gasteiger partial charge in [-0.15, -0.1) is 0 Å². The highest BCUT2D eigenvalue weighted by molar-refractivity contribution is 5.85. The quantitative estimate of drug-likeness (QED) is 0.592. The van der Waals surface area contributed by atoms with E-state index in [1.807, 2.05) is 17.4 Å². The summed E-state index contributed by atoms with van der Waals surface area (Å²) in [6, 6.07) is 17.7. The molecule has 1 saturated heterocycles. The Morgan fingerprint density at radius 3 is 2.18 bits per heavy atom. The SMILES string of the molecule is C=C1N(c2ccc(N3CCN(c4ccc(CC)cc4C#N)CC3)cc2)C=NN1C(CC)CC. The van der Waals surface area contributed by atoms with Gasteiger partial charge in [0.2, 0.25) is 0 Å². The van der Waals surface area contributed by atoms with E-state index >= 15 is 0 Å².